The van der Waals surface area contributed by atoms with Crippen molar-refractivity contribution in [1.82, 2.24) is 4.98 Å². The maximum atomic E-state index is 13.0. The van der Waals surface area contributed by atoms with Crippen molar-refractivity contribution in [3.05, 3.63) is 51.7 Å². The van der Waals surface area contributed by atoms with Gasteiger partial charge in [-0.15, -0.1) is 22.7 Å². The molecular weight excluding hydrogens is 484 g/mol. The lowest BCUT2D eigenvalue weighted by molar-refractivity contribution is -0.0683. The zero-order chi connectivity index (χ0) is 25.0. The highest BCUT2D eigenvalue weighted by Crippen LogP contribution is 2.31. The van der Waals surface area contributed by atoms with Crippen molar-refractivity contribution in [3.8, 4) is 0 Å². The summed E-state index contributed by atoms with van der Waals surface area (Å²) in [6, 6.07) is 9.61. The van der Waals surface area contributed by atoms with E-state index >= 15 is 0 Å². The number of thiazole rings is 1. The van der Waals surface area contributed by atoms with Crippen molar-refractivity contribution in [3.63, 3.8) is 0 Å². The normalized spacial score (nSPS) is 14.6. The van der Waals surface area contributed by atoms with Crippen LogP contribution in [-0.4, -0.2) is 48.8 Å². The highest BCUT2D eigenvalue weighted by Gasteiger charge is 2.26. The number of anilines is 4. The van der Waals surface area contributed by atoms with E-state index in [-0.39, 0.29) is 17.6 Å². The number of aromatic nitrogens is 1. The Labute approximate surface area is 213 Å². The van der Waals surface area contributed by atoms with Gasteiger partial charge in [0.25, 0.3) is 5.91 Å². The van der Waals surface area contributed by atoms with E-state index < -0.39 is 5.97 Å². The van der Waals surface area contributed by atoms with Gasteiger partial charge in [0, 0.05) is 18.5 Å². The fourth-order valence-electron chi connectivity index (χ4n) is 3.97. The number of carbonyl (C=O) groups is 2. The predicted molar refractivity (Wildman–Crippen MR) is 142 cm³/mol. The summed E-state index contributed by atoms with van der Waals surface area (Å²) in [6.45, 7) is 7.98. The highest BCUT2D eigenvalue weighted by atomic mass is 32.1. The van der Waals surface area contributed by atoms with Gasteiger partial charge in [-0.25, -0.2) is 9.78 Å². The second-order valence-corrected chi connectivity index (χ2v) is 11.0. The van der Waals surface area contributed by atoms with Gasteiger partial charge in [-0.05, 0) is 57.2 Å². The van der Waals surface area contributed by atoms with Gasteiger partial charge in [0.1, 0.15) is 10.6 Å². The summed E-state index contributed by atoms with van der Waals surface area (Å²) >= 11 is 2.58. The molecule has 1 amide bonds. The standard InChI is InChI=1S/C25H30N4O4S2/c1-25(2,3)33-16-9-12-29(13-10-16)20-8-6-5-7-17(20)26-22(30)19-15-35-24(28-19)27-18-11-14-34-21(18)23(31)32-4/h5-8,11,14-16H,9-10,12-13H2,1-4H3,(H,26,30)(H,27,28). The molecular formula is C25H30N4O4S2. The zero-order valence-corrected chi connectivity index (χ0v) is 21.9. The average molecular weight is 515 g/mol. The average Bonchev–Trinajstić information content (AvgIpc) is 3.49. The smallest absolute Gasteiger partial charge is 0.350 e. The number of nitrogens with zero attached hydrogens (tertiary/aromatic N) is 2. The summed E-state index contributed by atoms with van der Waals surface area (Å²) in [6.07, 6.45) is 2.13. The molecule has 10 heteroatoms. The fraction of sp³-hybridized carbons (Fsp3) is 0.400. The summed E-state index contributed by atoms with van der Waals surface area (Å²) in [5, 5.41) is 10.1. The van der Waals surface area contributed by atoms with E-state index in [0.29, 0.717) is 21.4 Å². The number of nitrogens with one attached hydrogen (secondary N) is 2. The van der Waals surface area contributed by atoms with Crippen molar-refractivity contribution < 1.29 is 19.1 Å². The van der Waals surface area contributed by atoms with Gasteiger partial charge in [-0.1, -0.05) is 12.1 Å². The topological polar surface area (TPSA) is 92.8 Å². The van der Waals surface area contributed by atoms with E-state index in [0.717, 1.165) is 37.3 Å². The molecule has 0 unspecified atom stereocenters. The van der Waals surface area contributed by atoms with Crippen LogP contribution in [0.4, 0.5) is 22.2 Å². The molecule has 1 aromatic carbocycles. The number of rotatable bonds is 7. The molecule has 1 aliphatic heterocycles. The molecule has 0 aliphatic carbocycles. The molecule has 3 aromatic rings. The summed E-state index contributed by atoms with van der Waals surface area (Å²) < 4.78 is 11.0. The Morgan fingerprint density at radius 2 is 1.83 bits per heavy atom. The minimum absolute atomic E-state index is 0.149. The van der Waals surface area contributed by atoms with Gasteiger partial charge in [-0.2, -0.15) is 0 Å². The first-order valence-electron chi connectivity index (χ1n) is 11.4. The number of piperidine rings is 1. The van der Waals surface area contributed by atoms with Crippen LogP contribution < -0.4 is 15.5 Å². The first-order chi connectivity index (χ1) is 16.7. The molecule has 0 radical (unpaired) electrons. The SMILES string of the molecule is COC(=O)c1sccc1Nc1nc(C(=O)Nc2ccccc2N2CCC(OC(C)(C)C)CC2)cs1. The summed E-state index contributed by atoms with van der Waals surface area (Å²) in [4.78, 5) is 32.0. The van der Waals surface area contributed by atoms with Crippen molar-refractivity contribution >= 4 is 56.7 Å². The molecule has 0 spiro atoms. The summed E-state index contributed by atoms with van der Waals surface area (Å²) in [5.41, 5.74) is 2.50. The third-order valence-electron chi connectivity index (χ3n) is 5.47. The Hall–Kier alpha value is -2.95. The van der Waals surface area contributed by atoms with Crippen molar-refractivity contribution in [2.24, 2.45) is 0 Å². The Kier molecular flexibility index (Phi) is 7.73. The van der Waals surface area contributed by atoms with Crippen LogP contribution in [0.15, 0.2) is 41.1 Å². The number of para-hydroxylation sites is 2. The van der Waals surface area contributed by atoms with Crippen molar-refractivity contribution in [1.29, 1.82) is 0 Å². The van der Waals surface area contributed by atoms with E-state index in [1.54, 1.807) is 16.8 Å². The van der Waals surface area contributed by atoms with Gasteiger partial charge in [0.15, 0.2) is 5.13 Å². The lowest BCUT2D eigenvalue weighted by Crippen LogP contribution is -2.40. The van der Waals surface area contributed by atoms with Gasteiger partial charge in [0.05, 0.1) is 35.9 Å². The first-order valence-corrected chi connectivity index (χ1v) is 13.2. The molecule has 0 atom stereocenters. The second-order valence-electron chi connectivity index (χ2n) is 9.21. The Balaban J connectivity index is 1.41. The second kappa shape index (κ2) is 10.8. The van der Waals surface area contributed by atoms with Crippen LogP contribution in [-0.2, 0) is 9.47 Å². The van der Waals surface area contributed by atoms with E-state index in [1.807, 2.05) is 24.3 Å². The van der Waals surface area contributed by atoms with E-state index in [4.69, 9.17) is 9.47 Å². The molecule has 1 fully saturated rings. The molecule has 2 N–H and O–H groups in total. The third-order valence-corrected chi connectivity index (χ3v) is 7.12. The molecule has 3 heterocycles. The van der Waals surface area contributed by atoms with Crippen LogP contribution in [0.25, 0.3) is 0 Å². The van der Waals surface area contributed by atoms with E-state index in [2.05, 4.69) is 41.3 Å². The maximum absolute atomic E-state index is 13.0. The Morgan fingerprint density at radius 1 is 1.09 bits per heavy atom. The maximum Gasteiger partial charge on any atom is 0.350 e. The number of thiophene rings is 1. The van der Waals surface area contributed by atoms with Crippen LogP contribution in [0.3, 0.4) is 0 Å². The minimum atomic E-state index is -0.414. The number of esters is 1. The third kappa shape index (κ3) is 6.39. The molecule has 4 rings (SSSR count). The number of benzene rings is 1. The van der Waals surface area contributed by atoms with Gasteiger partial charge in [0.2, 0.25) is 0 Å². The van der Waals surface area contributed by atoms with Crippen LogP contribution in [0.1, 0.15) is 53.8 Å². The van der Waals surface area contributed by atoms with Crippen molar-refractivity contribution in [2.45, 2.75) is 45.3 Å². The lowest BCUT2D eigenvalue weighted by Gasteiger charge is -2.37. The quantitative estimate of drug-likeness (QED) is 0.387. The molecule has 186 valence electrons. The number of amides is 1. The van der Waals surface area contributed by atoms with Crippen molar-refractivity contribution in [2.75, 3.05) is 35.7 Å². The first kappa shape index (κ1) is 25.2. The Morgan fingerprint density at radius 3 is 2.54 bits per heavy atom. The highest BCUT2D eigenvalue weighted by molar-refractivity contribution is 7.14. The molecule has 1 aliphatic rings. The van der Waals surface area contributed by atoms with Crippen LogP contribution in [0, 0.1) is 0 Å². The summed E-state index contributed by atoms with van der Waals surface area (Å²) in [7, 11) is 1.34. The number of methoxy groups -OCH3 is 1. The van der Waals surface area contributed by atoms with Crippen LogP contribution >= 0.6 is 22.7 Å². The zero-order valence-electron chi connectivity index (χ0n) is 20.3. The van der Waals surface area contributed by atoms with E-state index in [9.17, 15) is 9.59 Å². The lowest BCUT2D eigenvalue weighted by atomic mass is 10.0. The Bertz CT molecular complexity index is 1180. The molecule has 8 nitrogen and oxygen atoms in total. The van der Waals surface area contributed by atoms with Gasteiger partial charge < -0.3 is 25.0 Å². The monoisotopic (exact) mass is 514 g/mol. The molecule has 2 aromatic heterocycles. The van der Waals surface area contributed by atoms with E-state index in [1.165, 1.54) is 29.8 Å². The number of ether oxygens (including phenoxy) is 2. The van der Waals surface area contributed by atoms with Crippen LogP contribution in [0.5, 0.6) is 0 Å². The van der Waals surface area contributed by atoms with Gasteiger partial charge >= 0.3 is 5.97 Å². The molecule has 1 saturated heterocycles. The number of hydrogen-bond acceptors (Lipinski definition) is 9. The van der Waals surface area contributed by atoms with Crippen LogP contribution in [0.2, 0.25) is 0 Å². The minimum Gasteiger partial charge on any atom is -0.465 e. The predicted octanol–water partition coefficient (Wildman–Crippen LogP) is 5.77. The molecule has 35 heavy (non-hydrogen) atoms. The number of carbonyl (C=O) groups excluding carboxylic acids is 2. The van der Waals surface area contributed by atoms with Gasteiger partial charge in [-0.3, -0.25) is 4.79 Å². The fourth-order valence-corrected chi connectivity index (χ4v) is 5.43. The number of hydrogen-bond donors (Lipinski definition) is 2. The molecule has 0 saturated carbocycles. The largest absolute Gasteiger partial charge is 0.465 e. The summed E-state index contributed by atoms with van der Waals surface area (Å²) in [5.74, 6) is -0.700. The molecule has 0 bridgehead atoms.